The molecule has 3 aliphatic rings. The van der Waals surface area contributed by atoms with Gasteiger partial charge in [0.2, 0.25) is 10.0 Å². The number of ether oxygens (including phenoxy) is 3. The number of morpholine rings is 2. The molecule has 0 amide bonds. The monoisotopic (exact) mass is 498 g/mol. The lowest BCUT2D eigenvalue weighted by Crippen LogP contribution is -2.60. The minimum Gasteiger partial charge on any atom is -0.493 e. The van der Waals surface area contributed by atoms with Crippen LogP contribution < -0.4 is 14.2 Å². The van der Waals surface area contributed by atoms with Crippen LogP contribution in [0.4, 0.5) is 0 Å². The van der Waals surface area contributed by atoms with Crippen molar-refractivity contribution in [2.24, 2.45) is 0 Å². The summed E-state index contributed by atoms with van der Waals surface area (Å²) in [5.74, 6) is 1.54. The molecule has 0 spiro atoms. The molecule has 2 bridgehead atoms. The molecule has 2 unspecified atom stereocenters. The summed E-state index contributed by atoms with van der Waals surface area (Å²) in [5.41, 5.74) is 1.56. The summed E-state index contributed by atoms with van der Waals surface area (Å²) in [6.45, 7) is 6.20. The van der Waals surface area contributed by atoms with E-state index in [0.717, 1.165) is 56.2 Å². The fourth-order valence-corrected chi connectivity index (χ4v) is 5.97. The van der Waals surface area contributed by atoms with E-state index < -0.39 is 10.0 Å². The van der Waals surface area contributed by atoms with Crippen molar-refractivity contribution in [2.45, 2.75) is 23.5 Å². The molecule has 5 rings (SSSR count). The van der Waals surface area contributed by atoms with E-state index in [0.29, 0.717) is 36.8 Å². The van der Waals surface area contributed by atoms with E-state index in [1.807, 2.05) is 12.1 Å². The highest BCUT2D eigenvalue weighted by Crippen LogP contribution is 2.27. The Morgan fingerprint density at radius 2 is 1.74 bits per heavy atom. The second-order valence-corrected chi connectivity index (χ2v) is 10.9. The van der Waals surface area contributed by atoms with Crippen LogP contribution in [0.2, 0.25) is 0 Å². The topological polar surface area (TPSA) is 104 Å². The highest BCUT2D eigenvalue weighted by atomic mass is 32.2. The van der Waals surface area contributed by atoms with Crippen LogP contribution in [0, 0.1) is 11.3 Å². The molecule has 2 aromatic carbocycles. The Labute approximate surface area is 206 Å². The smallest absolute Gasteiger partial charge is 0.240 e. The lowest BCUT2D eigenvalue weighted by Gasteiger charge is -2.45. The summed E-state index contributed by atoms with van der Waals surface area (Å²) in [7, 11) is -3.55. The van der Waals surface area contributed by atoms with Crippen molar-refractivity contribution < 1.29 is 22.6 Å². The summed E-state index contributed by atoms with van der Waals surface area (Å²) in [5, 5.41) is 8.88. The maximum Gasteiger partial charge on any atom is 0.240 e. The predicted molar refractivity (Wildman–Crippen MR) is 129 cm³/mol. The first-order valence-corrected chi connectivity index (χ1v) is 13.5. The first kappa shape index (κ1) is 24.0. The van der Waals surface area contributed by atoms with Gasteiger partial charge < -0.3 is 14.2 Å². The second kappa shape index (κ2) is 10.5. The maximum atomic E-state index is 12.7. The molecule has 3 aliphatic heterocycles. The van der Waals surface area contributed by atoms with Crippen molar-refractivity contribution in [1.29, 1.82) is 5.26 Å². The molecule has 0 radical (unpaired) electrons. The third kappa shape index (κ3) is 5.94. The van der Waals surface area contributed by atoms with Crippen LogP contribution in [0.5, 0.6) is 11.5 Å². The predicted octanol–water partition coefficient (Wildman–Crippen LogP) is 1.24. The number of fused-ring (bicyclic) bond motifs is 3. The van der Waals surface area contributed by atoms with Crippen LogP contribution in [0.3, 0.4) is 0 Å². The zero-order chi connectivity index (χ0) is 24.3. The van der Waals surface area contributed by atoms with Crippen molar-refractivity contribution in [3.8, 4) is 17.6 Å². The summed E-state index contributed by atoms with van der Waals surface area (Å²) in [4.78, 5) is 4.93. The number of nitriles is 1. The third-order valence-electron chi connectivity index (χ3n) is 6.58. The van der Waals surface area contributed by atoms with Crippen molar-refractivity contribution in [1.82, 2.24) is 14.5 Å². The van der Waals surface area contributed by atoms with Gasteiger partial charge >= 0.3 is 0 Å². The van der Waals surface area contributed by atoms with Gasteiger partial charge in [-0.05, 0) is 48.0 Å². The van der Waals surface area contributed by atoms with Crippen LogP contribution in [-0.4, -0.2) is 89.5 Å². The minimum absolute atomic E-state index is 0.103. The van der Waals surface area contributed by atoms with Crippen LogP contribution in [0.15, 0.2) is 47.4 Å². The maximum absolute atomic E-state index is 12.7. The van der Waals surface area contributed by atoms with Gasteiger partial charge in [0.05, 0.1) is 35.3 Å². The Bertz CT molecular complexity index is 1170. The normalized spacial score (nSPS) is 22.3. The number of benzene rings is 2. The van der Waals surface area contributed by atoms with Crippen LogP contribution >= 0.6 is 0 Å². The molecule has 9 nitrogen and oxygen atoms in total. The lowest BCUT2D eigenvalue weighted by molar-refractivity contribution is -0.138. The molecule has 1 N–H and O–H groups in total. The number of nitrogens with one attached hydrogen (secondary N) is 1. The standard InChI is InChI=1S/C25H30N4O5S/c26-14-19-1-3-21(4-2-19)32-12-10-29-17-22-15-28(16-23(18-29)34-22)9-8-27-35(30,31)24-5-6-25-20(13-24)7-11-33-25/h1-6,13,22-23,27H,7-12,15-18H2. The van der Waals surface area contributed by atoms with E-state index in [2.05, 4.69) is 20.6 Å². The van der Waals surface area contributed by atoms with Crippen molar-refractivity contribution >= 4 is 10.0 Å². The molecule has 2 fully saturated rings. The number of rotatable bonds is 9. The van der Waals surface area contributed by atoms with E-state index in [-0.39, 0.29) is 12.2 Å². The molecule has 10 heteroatoms. The molecule has 0 saturated carbocycles. The lowest BCUT2D eigenvalue weighted by atomic mass is 10.1. The van der Waals surface area contributed by atoms with Gasteiger partial charge in [0.15, 0.2) is 0 Å². The Balaban J connectivity index is 1.05. The van der Waals surface area contributed by atoms with Gasteiger partial charge in [-0.2, -0.15) is 5.26 Å². The number of hydrogen-bond acceptors (Lipinski definition) is 8. The highest BCUT2D eigenvalue weighted by molar-refractivity contribution is 7.89. The molecule has 0 aliphatic carbocycles. The molecular weight excluding hydrogens is 468 g/mol. The quantitative estimate of drug-likeness (QED) is 0.551. The second-order valence-electron chi connectivity index (χ2n) is 9.15. The molecule has 186 valence electrons. The van der Waals surface area contributed by atoms with Crippen LogP contribution in [0.25, 0.3) is 0 Å². The summed E-state index contributed by atoms with van der Waals surface area (Å²) in [6.07, 6.45) is 0.949. The van der Waals surface area contributed by atoms with Crippen molar-refractivity contribution in [3.63, 3.8) is 0 Å². The van der Waals surface area contributed by atoms with E-state index in [1.54, 1.807) is 30.3 Å². The highest BCUT2D eigenvalue weighted by Gasteiger charge is 2.34. The molecule has 35 heavy (non-hydrogen) atoms. The van der Waals surface area contributed by atoms with Crippen molar-refractivity contribution in [3.05, 3.63) is 53.6 Å². The van der Waals surface area contributed by atoms with Gasteiger partial charge in [-0.3, -0.25) is 9.80 Å². The largest absolute Gasteiger partial charge is 0.493 e. The Morgan fingerprint density at radius 3 is 2.46 bits per heavy atom. The first-order chi connectivity index (χ1) is 17.0. The molecule has 2 saturated heterocycles. The van der Waals surface area contributed by atoms with Gasteiger partial charge in [0.25, 0.3) is 0 Å². The van der Waals surface area contributed by atoms with Crippen LogP contribution in [-0.2, 0) is 21.2 Å². The van der Waals surface area contributed by atoms with E-state index in [4.69, 9.17) is 19.5 Å². The number of sulfonamides is 1. The van der Waals surface area contributed by atoms with Gasteiger partial charge in [-0.15, -0.1) is 0 Å². The third-order valence-corrected chi connectivity index (χ3v) is 8.04. The van der Waals surface area contributed by atoms with E-state index in [1.165, 1.54) is 0 Å². The Morgan fingerprint density at radius 1 is 1.03 bits per heavy atom. The number of hydrogen-bond donors (Lipinski definition) is 1. The fraction of sp³-hybridized carbons (Fsp3) is 0.480. The average molecular weight is 499 g/mol. The summed E-state index contributed by atoms with van der Waals surface area (Å²) >= 11 is 0. The SMILES string of the molecule is N#Cc1ccc(OCCN2CC3CN(CCNS(=O)(=O)c4ccc5c(c4)CCO5)CC(C2)O3)cc1. The summed E-state index contributed by atoms with van der Waals surface area (Å²) in [6, 6.07) is 14.3. The van der Waals surface area contributed by atoms with E-state index >= 15 is 0 Å². The van der Waals surface area contributed by atoms with E-state index in [9.17, 15) is 8.42 Å². The first-order valence-electron chi connectivity index (χ1n) is 12.0. The zero-order valence-electron chi connectivity index (χ0n) is 19.6. The van der Waals surface area contributed by atoms with Gasteiger partial charge in [-0.25, -0.2) is 13.1 Å². The molecule has 3 heterocycles. The Hall–Kier alpha value is -2.68. The van der Waals surface area contributed by atoms with Gasteiger partial charge in [0.1, 0.15) is 18.1 Å². The van der Waals surface area contributed by atoms with Gasteiger partial charge in [-0.1, -0.05) is 0 Å². The molecule has 0 aromatic heterocycles. The Kier molecular flexibility index (Phi) is 7.22. The van der Waals surface area contributed by atoms with Crippen LogP contribution in [0.1, 0.15) is 11.1 Å². The average Bonchev–Trinajstić information content (AvgIpc) is 3.32. The van der Waals surface area contributed by atoms with Crippen molar-refractivity contribution in [2.75, 3.05) is 59.0 Å². The zero-order valence-corrected chi connectivity index (χ0v) is 20.4. The molecular formula is C25H30N4O5S. The molecule has 2 atom stereocenters. The van der Waals surface area contributed by atoms with Gasteiger partial charge in [0, 0.05) is 52.2 Å². The number of nitrogens with zero attached hydrogens (tertiary/aromatic N) is 3. The molecule has 2 aromatic rings. The minimum atomic E-state index is -3.55. The summed E-state index contributed by atoms with van der Waals surface area (Å²) < 4.78 is 45.6. The fourth-order valence-electron chi connectivity index (χ4n) is 4.90.